The smallest absolute Gasteiger partial charge is 0.0992 e. The number of hydrogen-bond acceptors (Lipinski definition) is 4. The Morgan fingerprint density at radius 2 is 0.739 bits per heavy atom. The molecule has 0 fully saturated rings. The van der Waals surface area contributed by atoms with E-state index in [0.717, 1.165) is 33.6 Å². The summed E-state index contributed by atoms with van der Waals surface area (Å²) >= 11 is 0. The standard InChI is InChI=1S/C42H24N4/c43-25-27-17-19-45-41(21-27)31-13-9-29(10-14-31)37-23-40-36-8-4-2-6-34(36)38(24-39(40)35-7-3-1-5-33(35)37)30-11-15-32(16-12-30)42-22-28(26-44)18-20-46-42/h1-24H. The summed E-state index contributed by atoms with van der Waals surface area (Å²) in [4.78, 5) is 8.96. The summed E-state index contributed by atoms with van der Waals surface area (Å²) in [5.41, 5.74) is 9.29. The molecule has 0 aliphatic heterocycles. The molecule has 6 aromatic carbocycles. The Hall–Kier alpha value is -6.62. The van der Waals surface area contributed by atoms with Gasteiger partial charge in [-0.05, 0) is 91.0 Å². The summed E-state index contributed by atoms with van der Waals surface area (Å²) in [5, 5.41) is 25.8. The molecule has 0 atom stereocenters. The van der Waals surface area contributed by atoms with Crippen LogP contribution in [0.4, 0.5) is 0 Å². The highest BCUT2D eigenvalue weighted by Crippen LogP contribution is 2.42. The molecular formula is C42H24N4. The Bertz CT molecular complexity index is 2350. The van der Waals surface area contributed by atoms with Gasteiger partial charge in [0.2, 0.25) is 0 Å². The molecule has 0 N–H and O–H groups in total. The minimum absolute atomic E-state index is 0.596. The fraction of sp³-hybridized carbons (Fsp3) is 0. The van der Waals surface area contributed by atoms with Crippen molar-refractivity contribution in [3.05, 3.63) is 157 Å². The molecule has 0 unspecified atom stereocenters. The number of hydrogen-bond donors (Lipinski definition) is 0. The van der Waals surface area contributed by atoms with Crippen LogP contribution in [-0.4, -0.2) is 9.97 Å². The lowest BCUT2D eigenvalue weighted by Crippen LogP contribution is -1.90. The highest BCUT2D eigenvalue weighted by Gasteiger charge is 2.15. The van der Waals surface area contributed by atoms with Crippen molar-refractivity contribution in [1.82, 2.24) is 9.97 Å². The number of fused-ring (bicyclic) bond motifs is 5. The third-order valence-corrected chi connectivity index (χ3v) is 8.64. The topological polar surface area (TPSA) is 73.4 Å². The molecule has 0 saturated carbocycles. The number of benzene rings is 6. The molecule has 0 spiro atoms. The van der Waals surface area contributed by atoms with Crippen molar-refractivity contribution >= 4 is 32.3 Å². The summed E-state index contributed by atoms with van der Waals surface area (Å²) in [6.45, 7) is 0. The van der Waals surface area contributed by atoms with Crippen LogP contribution >= 0.6 is 0 Å². The van der Waals surface area contributed by atoms with Crippen LogP contribution in [0.25, 0.3) is 77.1 Å². The first-order chi connectivity index (χ1) is 22.7. The average molecular weight is 585 g/mol. The lowest BCUT2D eigenvalue weighted by molar-refractivity contribution is 1.31. The summed E-state index contributed by atoms with van der Waals surface area (Å²) in [6.07, 6.45) is 3.36. The van der Waals surface area contributed by atoms with Crippen LogP contribution in [0, 0.1) is 22.7 Å². The molecule has 0 amide bonds. The average Bonchev–Trinajstić information content (AvgIpc) is 3.14. The molecular weight excluding hydrogens is 560 g/mol. The molecule has 0 aliphatic rings. The van der Waals surface area contributed by atoms with Crippen LogP contribution in [0.3, 0.4) is 0 Å². The number of nitrogens with zero attached hydrogens (tertiary/aromatic N) is 4. The van der Waals surface area contributed by atoms with Gasteiger partial charge in [0, 0.05) is 23.5 Å². The van der Waals surface area contributed by atoms with Crippen LogP contribution < -0.4 is 0 Å². The predicted octanol–water partition coefficient (Wildman–Crippen LogP) is 10.3. The minimum atomic E-state index is 0.596. The van der Waals surface area contributed by atoms with Gasteiger partial charge in [-0.25, -0.2) is 0 Å². The van der Waals surface area contributed by atoms with E-state index in [1.807, 2.05) is 12.1 Å². The Labute approximate surface area is 266 Å². The van der Waals surface area contributed by atoms with Gasteiger partial charge >= 0.3 is 0 Å². The fourth-order valence-corrected chi connectivity index (χ4v) is 6.39. The summed E-state index contributed by atoms with van der Waals surface area (Å²) < 4.78 is 0. The Morgan fingerprint density at radius 1 is 0.370 bits per heavy atom. The van der Waals surface area contributed by atoms with Crippen molar-refractivity contribution in [3.8, 4) is 56.9 Å². The Kier molecular flexibility index (Phi) is 6.53. The maximum absolute atomic E-state index is 9.33. The zero-order chi connectivity index (χ0) is 31.0. The van der Waals surface area contributed by atoms with Gasteiger partial charge in [-0.2, -0.15) is 10.5 Å². The van der Waals surface area contributed by atoms with Crippen LogP contribution in [0.2, 0.25) is 0 Å². The van der Waals surface area contributed by atoms with Crippen molar-refractivity contribution < 1.29 is 0 Å². The minimum Gasteiger partial charge on any atom is -0.256 e. The molecule has 4 heteroatoms. The molecule has 8 rings (SSSR count). The van der Waals surface area contributed by atoms with E-state index in [1.165, 1.54) is 43.4 Å². The largest absolute Gasteiger partial charge is 0.256 e. The van der Waals surface area contributed by atoms with Gasteiger partial charge in [0.15, 0.2) is 0 Å². The van der Waals surface area contributed by atoms with Crippen molar-refractivity contribution in [2.75, 3.05) is 0 Å². The van der Waals surface area contributed by atoms with E-state index in [0.29, 0.717) is 11.1 Å². The van der Waals surface area contributed by atoms with E-state index in [-0.39, 0.29) is 0 Å². The van der Waals surface area contributed by atoms with Crippen molar-refractivity contribution in [2.24, 2.45) is 0 Å². The van der Waals surface area contributed by atoms with Crippen LogP contribution in [0.5, 0.6) is 0 Å². The summed E-state index contributed by atoms with van der Waals surface area (Å²) in [5.74, 6) is 0. The molecule has 46 heavy (non-hydrogen) atoms. The van der Waals surface area contributed by atoms with Gasteiger partial charge in [0.25, 0.3) is 0 Å². The molecule has 0 bridgehead atoms. The maximum atomic E-state index is 9.33. The zero-order valence-corrected chi connectivity index (χ0v) is 24.6. The molecule has 8 aromatic rings. The van der Waals surface area contributed by atoms with E-state index in [2.05, 4.69) is 131 Å². The van der Waals surface area contributed by atoms with Gasteiger partial charge in [0.05, 0.1) is 34.7 Å². The van der Waals surface area contributed by atoms with Crippen LogP contribution in [0.1, 0.15) is 11.1 Å². The van der Waals surface area contributed by atoms with Crippen LogP contribution in [-0.2, 0) is 0 Å². The highest BCUT2D eigenvalue weighted by atomic mass is 14.7. The summed E-state index contributed by atoms with van der Waals surface area (Å²) in [6, 6.07) is 50.2. The van der Waals surface area contributed by atoms with Gasteiger partial charge in [-0.15, -0.1) is 0 Å². The first-order valence-corrected chi connectivity index (χ1v) is 15.0. The van der Waals surface area contributed by atoms with E-state index < -0.39 is 0 Å². The van der Waals surface area contributed by atoms with Gasteiger partial charge < -0.3 is 0 Å². The molecule has 2 heterocycles. The summed E-state index contributed by atoms with van der Waals surface area (Å²) in [7, 11) is 0. The molecule has 4 nitrogen and oxygen atoms in total. The Balaban J connectivity index is 1.28. The lowest BCUT2D eigenvalue weighted by Gasteiger charge is -2.16. The second-order valence-corrected chi connectivity index (χ2v) is 11.3. The van der Waals surface area contributed by atoms with Crippen molar-refractivity contribution in [1.29, 1.82) is 10.5 Å². The second kappa shape index (κ2) is 11.1. The lowest BCUT2D eigenvalue weighted by atomic mass is 9.87. The van der Waals surface area contributed by atoms with Crippen LogP contribution in [0.15, 0.2) is 146 Å². The highest BCUT2D eigenvalue weighted by molar-refractivity contribution is 6.23. The van der Waals surface area contributed by atoms with E-state index >= 15 is 0 Å². The first-order valence-electron chi connectivity index (χ1n) is 15.0. The molecule has 0 aliphatic carbocycles. The van der Waals surface area contributed by atoms with Gasteiger partial charge in [-0.3, -0.25) is 9.97 Å². The maximum Gasteiger partial charge on any atom is 0.0992 e. The van der Waals surface area contributed by atoms with E-state index in [4.69, 9.17) is 0 Å². The SMILES string of the molecule is N#Cc1ccnc(-c2ccc(-c3cc4c5ccccc5c(-c5ccc(-c6cc(C#N)ccn6)cc5)cc4c4ccccc34)cc2)c1. The molecule has 212 valence electrons. The third kappa shape index (κ3) is 4.63. The first kappa shape index (κ1) is 27.0. The number of nitriles is 2. The Morgan fingerprint density at radius 3 is 1.13 bits per heavy atom. The van der Waals surface area contributed by atoms with Crippen molar-refractivity contribution in [3.63, 3.8) is 0 Å². The number of pyridine rings is 2. The normalized spacial score (nSPS) is 11.0. The molecule has 0 radical (unpaired) electrons. The van der Waals surface area contributed by atoms with Gasteiger partial charge in [0.1, 0.15) is 0 Å². The zero-order valence-electron chi connectivity index (χ0n) is 24.6. The quantitative estimate of drug-likeness (QED) is 0.193. The van der Waals surface area contributed by atoms with E-state index in [9.17, 15) is 10.5 Å². The van der Waals surface area contributed by atoms with Crippen molar-refractivity contribution in [2.45, 2.75) is 0 Å². The number of rotatable bonds is 4. The van der Waals surface area contributed by atoms with E-state index in [1.54, 1.807) is 24.5 Å². The second-order valence-electron chi connectivity index (χ2n) is 11.3. The third-order valence-electron chi connectivity index (χ3n) is 8.64. The number of aromatic nitrogens is 2. The molecule has 2 aromatic heterocycles. The predicted molar refractivity (Wildman–Crippen MR) is 186 cm³/mol. The van der Waals surface area contributed by atoms with Gasteiger partial charge in [-0.1, -0.05) is 97.1 Å². The fourth-order valence-electron chi connectivity index (χ4n) is 6.39. The molecule has 0 saturated heterocycles. The monoisotopic (exact) mass is 584 g/mol.